The minimum Gasteiger partial charge on any atom is -0.0651 e. The second-order valence-electron chi connectivity index (χ2n) is 13.0. The normalized spacial score (nSPS) is 25.2. The molecule has 0 saturated heterocycles. The zero-order chi connectivity index (χ0) is 25.6. The van der Waals surface area contributed by atoms with Gasteiger partial charge in [0.15, 0.2) is 0 Å². The molecule has 4 unspecified atom stereocenters. The molecular weight excluding hydrogens is 420 g/mol. The first-order chi connectivity index (χ1) is 17.1. The highest BCUT2D eigenvalue weighted by molar-refractivity contribution is 4.73. The molecule has 0 heteroatoms. The van der Waals surface area contributed by atoms with E-state index in [9.17, 15) is 0 Å². The Balaban J connectivity index is 2.57. The van der Waals surface area contributed by atoms with Crippen LogP contribution < -0.4 is 0 Å². The van der Waals surface area contributed by atoms with Gasteiger partial charge in [-0.2, -0.15) is 0 Å². The molecule has 0 aromatic carbocycles. The lowest BCUT2D eigenvalue weighted by molar-refractivity contribution is 0.238. The fourth-order valence-electron chi connectivity index (χ4n) is 7.04. The van der Waals surface area contributed by atoms with Crippen molar-refractivity contribution < 1.29 is 0 Å². The predicted molar refractivity (Wildman–Crippen MR) is 161 cm³/mol. The first-order valence-electron chi connectivity index (χ1n) is 17.1. The van der Waals surface area contributed by atoms with Crippen LogP contribution in [0.2, 0.25) is 0 Å². The van der Waals surface area contributed by atoms with E-state index in [1.165, 1.54) is 161 Å². The highest BCUT2D eigenvalue weighted by atomic mass is 14.3. The van der Waals surface area contributed by atoms with Crippen LogP contribution in [0.5, 0.6) is 0 Å². The fourth-order valence-corrected chi connectivity index (χ4v) is 7.04. The quantitative estimate of drug-likeness (QED) is 0.285. The summed E-state index contributed by atoms with van der Waals surface area (Å²) in [6, 6.07) is 0. The molecular formula is C35H70. The average molecular weight is 491 g/mol. The topological polar surface area (TPSA) is 0 Å². The highest BCUT2D eigenvalue weighted by Crippen LogP contribution is 2.34. The maximum atomic E-state index is 2.53. The molecule has 0 aromatic heterocycles. The standard InChI is InChI=1S/C35H70/c1-6-32(7-2)28-33(8-3)29-34(9-4)30-35-26-21-19-17-15-13-11-10-12-14-16-18-20-24-31(5)25-22-23-27-35/h31-35H,6-30H2,1-5H3. The van der Waals surface area contributed by atoms with Crippen molar-refractivity contribution in [3.63, 3.8) is 0 Å². The van der Waals surface area contributed by atoms with Crippen LogP contribution in [0.25, 0.3) is 0 Å². The van der Waals surface area contributed by atoms with Crippen LogP contribution in [0.4, 0.5) is 0 Å². The molecule has 4 atom stereocenters. The lowest BCUT2D eigenvalue weighted by Gasteiger charge is -2.28. The summed E-state index contributed by atoms with van der Waals surface area (Å²) in [5.74, 6) is 4.87. The molecule has 0 amide bonds. The van der Waals surface area contributed by atoms with Crippen LogP contribution in [-0.4, -0.2) is 0 Å². The van der Waals surface area contributed by atoms with Gasteiger partial charge in [-0.1, -0.05) is 176 Å². The van der Waals surface area contributed by atoms with Gasteiger partial charge >= 0.3 is 0 Å². The van der Waals surface area contributed by atoms with Crippen LogP contribution in [0, 0.1) is 29.6 Å². The SMILES string of the molecule is CCC(CC)CC(CC)CC(CC)CC1CCCCCCCCCCCCCCC(C)CCCC1. The second-order valence-corrected chi connectivity index (χ2v) is 13.0. The van der Waals surface area contributed by atoms with Crippen molar-refractivity contribution in [2.45, 2.75) is 195 Å². The van der Waals surface area contributed by atoms with Crippen molar-refractivity contribution in [1.82, 2.24) is 0 Å². The zero-order valence-electron chi connectivity index (χ0n) is 25.6. The molecule has 0 aliphatic heterocycles. The van der Waals surface area contributed by atoms with E-state index in [2.05, 4.69) is 34.6 Å². The van der Waals surface area contributed by atoms with Crippen LogP contribution in [-0.2, 0) is 0 Å². The summed E-state index contributed by atoms with van der Waals surface area (Å²) in [7, 11) is 0. The Labute approximate surface area is 224 Å². The van der Waals surface area contributed by atoms with Crippen LogP contribution in [0.15, 0.2) is 0 Å². The lowest BCUT2D eigenvalue weighted by atomic mass is 9.78. The maximum absolute atomic E-state index is 2.53. The third-order valence-electron chi connectivity index (χ3n) is 9.93. The lowest BCUT2D eigenvalue weighted by Crippen LogP contribution is -2.16. The molecule has 210 valence electrons. The van der Waals surface area contributed by atoms with E-state index in [1.807, 2.05) is 0 Å². The van der Waals surface area contributed by atoms with Crippen molar-refractivity contribution in [3.05, 3.63) is 0 Å². The van der Waals surface area contributed by atoms with Gasteiger partial charge in [0, 0.05) is 0 Å². The minimum atomic E-state index is 0.956. The third kappa shape index (κ3) is 18.0. The molecule has 1 fully saturated rings. The smallest absolute Gasteiger partial charge is 0.0412 e. The van der Waals surface area contributed by atoms with E-state index >= 15 is 0 Å². The van der Waals surface area contributed by atoms with Crippen molar-refractivity contribution in [3.8, 4) is 0 Å². The van der Waals surface area contributed by atoms with Crippen LogP contribution in [0.3, 0.4) is 0 Å². The van der Waals surface area contributed by atoms with E-state index in [1.54, 1.807) is 0 Å². The second kappa shape index (κ2) is 23.1. The molecule has 0 spiro atoms. The first kappa shape index (κ1) is 33.0. The highest BCUT2D eigenvalue weighted by Gasteiger charge is 2.21. The molecule has 0 radical (unpaired) electrons. The monoisotopic (exact) mass is 491 g/mol. The summed E-state index contributed by atoms with van der Waals surface area (Å²) in [5.41, 5.74) is 0. The molecule has 35 heavy (non-hydrogen) atoms. The summed E-state index contributed by atoms with van der Waals surface area (Å²) in [5, 5.41) is 0. The molecule has 1 aliphatic rings. The van der Waals surface area contributed by atoms with Crippen molar-refractivity contribution in [2.75, 3.05) is 0 Å². The van der Waals surface area contributed by atoms with Gasteiger partial charge in [0.25, 0.3) is 0 Å². The van der Waals surface area contributed by atoms with E-state index in [0.717, 1.165) is 29.6 Å². The minimum absolute atomic E-state index is 0.956. The Hall–Kier alpha value is 0. The van der Waals surface area contributed by atoms with Gasteiger partial charge in [-0.3, -0.25) is 0 Å². The van der Waals surface area contributed by atoms with E-state index in [4.69, 9.17) is 0 Å². The Bertz CT molecular complexity index is 422. The van der Waals surface area contributed by atoms with Gasteiger partial charge in [-0.15, -0.1) is 0 Å². The van der Waals surface area contributed by atoms with Gasteiger partial charge in [-0.05, 0) is 48.9 Å². The first-order valence-corrected chi connectivity index (χ1v) is 17.1. The summed E-state index contributed by atoms with van der Waals surface area (Å²) < 4.78 is 0. The summed E-state index contributed by atoms with van der Waals surface area (Å²) >= 11 is 0. The molecule has 1 saturated carbocycles. The summed E-state index contributed by atoms with van der Waals surface area (Å²) in [6.07, 6.45) is 37.0. The molecule has 0 nitrogen and oxygen atoms in total. The van der Waals surface area contributed by atoms with Crippen LogP contribution >= 0.6 is 0 Å². The van der Waals surface area contributed by atoms with Gasteiger partial charge in [0.05, 0.1) is 0 Å². The Morgan fingerprint density at radius 2 is 0.771 bits per heavy atom. The Kier molecular flexibility index (Phi) is 21.8. The van der Waals surface area contributed by atoms with Crippen molar-refractivity contribution in [2.24, 2.45) is 29.6 Å². The van der Waals surface area contributed by atoms with Crippen LogP contribution in [0.1, 0.15) is 195 Å². The Morgan fingerprint density at radius 3 is 1.23 bits per heavy atom. The van der Waals surface area contributed by atoms with Gasteiger partial charge in [-0.25, -0.2) is 0 Å². The molecule has 1 rings (SSSR count). The Morgan fingerprint density at radius 1 is 0.429 bits per heavy atom. The largest absolute Gasteiger partial charge is 0.0651 e. The molecule has 0 aromatic rings. The molecule has 0 N–H and O–H groups in total. The maximum Gasteiger partial charge on any atom is -0.0412 e. The fraction of sp³-hybridized carbons (Fsp3) is 1.00. The van der Waals surface area contributed by atoms with Crippen molar-refractivity contribution >= 4 is 0 Å². The molecule has 0 bridgehead atoms. The number of hydrogen-bond acceptors (Lipinski definition) is 0. The number of rotatable bonds is 10. The molecule has 1 aliphatic carbocycles. The van der Waals surface area contributed by atoms with E-state index < -0.39 is 0 Å². The zero-order valence-corrected chi connectivity index (χ0v) is 25.6. The van der Waals surface area contributed by atoms with Gasteiger partial charge in [0.2, 0.25) is 0 Å². The predicted octanol–water partition coefficient (Wildman–Crippen LogP) is 12.9. The van der Waals surface area contributed by atoms with E-state index in [-0.39, 0.29) is 0 Å². The molecule has 0 heterocycles. The van der Waals surface area contributed by atoms with Gasteiger partial charge < -0.3 is 0 Å². The number of hydrogen-bond donors (Lipinski definition) is 0. The van der Waals surface area contributed by atoms with E-state index in [0.29, 0.717) is 0 Å². The average Bonchev–Trinajstić information content (AvgIpc) is 2.87. The summed E-state index contributed by atoms with van der Waals surface area (Å²) in [4.78, 5) is 0. The van der Waals surface area contributed by atoms with Gasteiger partial charge in [0.1, 0.15) is 0 Å². The third-order valence-corrected chi connectivity index (χ3v) is 9.93. The van der Waals surface area contributed by atoms with Crippen molar-refractivity contribution in [1.29, 1.82) is 0 Å². The summed E-state index contributed by atoms with van der Waals surface area (Å²) in [6.45, 7) is 12.3.